The van der Waals surface area contributed by atoms with Crippen molar-refractivity contribution in [1.29, 1.82) is 0 Å². The van der Waals surface area contributed by atoms with Crippen LogP contribution >= 0.6 is 0 Å². The lowest BCUT2D eigenvalue weighted by molar-refractivity contribution is -0.138. The lowest BCUT2D eigenvalue weighted by Gasteiger charge is -2.34. The summed E-state index contributed by atoms with van der Waals surface area (Å²) in [6.45, 7) is -1.54. The number of para-hydroxylation sites is 1. The van der Waals surface area contributed by atoms with Crippen molar-refractivity contribution in [3.8, 4) is 5.75 Å². The highest BCUT2D eigenvalue weighted by molar-refractivity contribution is 5.97. The van der Waals surface area contributed by atoms with Crippen molar-refractivity contribution in [3.05, 3.63) is 29.8 Å². The molecule has 1 N–H and O–H groups in total. The zero-order chi connectivity index (χ0) is 16.1. The first kappa shape index (κ1) is 16.2. The largest absolute Gasteiger partial charge is 0.480 e. The van der Waals surface area contributed by atoms with E-state index in [0.717, 1.165) is 0 Å². The molecule has 0 spiro atoms. The number of hydrogen-bond donors (Lipinski definition) is 1. The number of halogens is 2. The molecule has 0 bridgehead atoms. The maximum Gasteiger partial charge on any atom is 0.387 e. The Hall–Kier alpha value is -2.22. The Labute approximate surface area is 125 Å². The van der Waals surface area contributed by atoms with Crippen molar-refractivity contribution < 1.29 is 28.2 Å². The number of aliphatic carboxylic acids is 1. The van der Waals surface area contributed by atoms with Crippen LogP contribution in [0.4, 0.5) is 8.78 Å². The highest BCUT2D eigenvalue weighted by atomic mass is 19.3. The minimum absolute atomic E-state index is 0.0763. The fraction of sp³-hybridized carbons (Fsp3) is 0.429. The second-order valence-electron chi connectivity index (χ2n) is 4.84. The molecule has 0 saturated carbocycles. The third kappa shape index (κ3) is 4.14. The van der Waals surface area contributed by atoms with E-state index in [0.29, 0.717) is 26.2 Å². The molecule has 0 aliphatic carbocycles. The summed E-state index contributed by atoms with van der Waals surface area (Å²) in [5.41, 5.74) is 0.0782. The van der Waals surface area contributed by atoms with Gasteiger partial charge in [-0.2, -0.15) is 8.78 Å². The smallest absolute Gasteiger partial charge is 0.387 e. The fourth-order valence-corrected chi connectivity index (χ4v) is 2.31. The Bertz CT molecular complexity index is 545. The van der Waals surface area contributed by atoms with Crippen LogP contribution in [0.2, 0.25) is 0 Å². The van der Waals surface area contributed by atoms with E-state index in [1.807, 2.05) is 0 Å². The van der Waals surface area contributed by atoms with E-state index in [9.17, 15) is 18.4 Å². The van der Waals surface area contributed by atoms with E-state index in [-0.39, 0.29) is 17.9 Å². The van der Waals surface area contributed by atoms with E-state index in [2.05, 4.69) is 4.74 Å². The SMILES string of the molecule is O=C(O)CN1CCN(C(=O)c2ccccc2OC(F)F)CC1. The first-order valence-corrected chi connectivity index (χ1v) is 6.74. The van der Waals surface area contributed by atoms with E-state index in [4.69, 9.17) is 5.11 Å². The zero-order valence-corrected chi connectivity index (χ0v) is 11.7. The summed E-state index contributed by atoms with van der Waals surface area (Å²) in [4.78, 5) is 26.3. The monoisotopic (exact) mass is 314 g/mol. The number of piperazine rings is 1. The fourth-order valence-electron chi connectivity index (χ4n) is 2.31. The molecule has 1 amide bonds. The average Bonchev–Trinajstić information content (AvgIpc) is 2.47. The summed E-state index contributed by atoms with van der Waals surface area (Å²) in [5.74, 6) is -1.47. The minimum atomic E-state index is -3.00. The van der Waals surface area contributed by atoms with Crippen molar-refractivity contribution in [2.75, 3.05) is 32.7 Å². The van der Waals surface area contributed by atoms with E-state index in [1.165, 1.54) is 23.1 Å². The standard InChI is InChI=1S/C14H16F2N2O4/c15-14(16)22-11-4-2-1-3-10(11)13(21)18-7-5-17(6-8-18)9-12(19)20/h1-4,14H,5-9H2,(H,19,20). The van der Waals surface area contributed by atoms with Gasteiger partial charge in [-0.05, 0) is 12.1 Å². The lowest BCUT2D eigenvalue weighted by Crippen LogP contribution is -2.49. The number of ether oxygens (including phenoxy) is 1. The summed E-state index contributed by atoms with van der Waals surface area (Å²) >= 11 is 0. The molecule has 1 aliphatic heterocycles. The van der Waals surface area contributed by atoms with E-state index >= 15 is 0 Å². The molecule has 0 radical (unpaired) electrons. The number of carbonyl (C=O) groups excluding carboxylic acids is 1. The summed E-state index contributed by atoms with van der Waals surface area (Å²) in [5, 5.41) is 8.73. The lowest BCUT2D eigenvalue weighted by atomic mass is 10.1. The number of benzene rings is 1. The highest BCUT2D eigenvalue weighted by Gasteiger charge is 2.25. The highest BCUT2D eigenvalue weighted by Crippen LogP contribution is 2.22. The molecule has 0 atom stereocenters. The minimum Gasteiger partial charge on any atom is -0.480 e. The topological polar surface area (TPSA) is 70.1 Å². The number of alkyl halides is 2. The Morgan fingerprint density at radius 1 is 1.18 bits per heavy atom. The molecular formula is C14H16F2N2O4. The van der Waals surface area contributed by atoms with Gasteiger partial charge in [0, 0.05) is 26.2 Å². The van der Waals surface area contributed by atoms with Crippen molar-refractivity contribution in [2.24, 2.45) is 0 Å². The molecule has 1 aromatic carbocycles. The predicted molar refractivity (Wildman–Crippen MR) is 73.1 cm³/mol. The second-order valence-corrected chi connectivity index (χ2v) is 4.84. The van der Waals surface area contributed by atoms with E-state index < -0.39 is 18.5 Å². The maximum absolute atomic E-state index is 12.4. The Morgan fingerprint density at radius 2 is 1.82 bits per heavy atom. The molecule has 1 fully saturated rings. The van der Waals surface area contributed by atoms with Crippen LogP contribution < -0.4 is 4.74 Å². The van der Waals surface area contributed by atoms with Crippen molar-refractivity contribution >= 4 is 11.9 Å². The first-order valence-electron chi connectivity index (χ1n) is 6.74. The molecule has 0 unspecified atom stereocenters. The average molecular weight is 314 g/mol. The van der Waals surface area contributed by atoms with Gasteiger partial charge in [0.25, 0.3) is 5.91 Å². The number of carboxylic acids is 1. The zero-order valence-electron chi connectivity index (χ0n) is 11.7. The summed E-state index contributed by atoms with van der Waals surface area (Å²) in [6.07, 6.45) is 0. The van der Waals surface area contributed by atoms with Crippen LogP contribution in [-0.4, -0.2) is 66.1 Å². The molecule has 0 aromatic heterocycles. The maximum atomic E-state index is 12.4. The molecule has 22 heavy (non-hydrogen) atoms. The third-order valence-corrected chi connectivity index (χ3v) is 3.35. The van der Waals surface area contributed by atoms with Gasteiger partial charge >= 0.3 is 12.6 Å². The molecule has 2 rings (SSSR count). The molecule has 120 valence electrons. The van der Waals surface area contributed by atoms with Crippen LogP contribution in [0.5, 0.6) is 5.75 Å². The Balaban J connectivity index is 2.02. The van der Waals surface area contributed by atoms with Crippen LogP contribution in [0.25, 0.3) is 0 Å². The number of hydrogen-bond acceptors (Lipinski definition) is 4. The van der Waals surface area contributed by atoms with E-state index in [1.54, 1.807) is 11.0 Å². The number of carbonyl (C=O) groups is 2. The van der Waals surface area contributed by atoms with Crippen LogP contribution in [0, 0.1) is 0 Å². The Kier molecular flexibility index (Phi) is 5.26. The van der Waals surface area contributed by atoms with Gasteiger partial charge < -0.3 is 14.7 Å². The molecule has 1 aliphatic rings. The molecule has 1 aromatic rings. The number of rotatable bonds is 5. The first-order chi connectivity index (χ1) is 10.5. The van der Waals surface area contributed by atoms with Crippen LogP contribution in [0.1, 0.15) is 10.4 Å². The van der Waals surface area contributed by atoms with Gasteiger partial charge in [0.05, 0.1) is 12.1 Å². The molecule has 1 heterocycles. The van der Waals surface area contributed by atoms with Crippen molar-refractivity contribution in [1.82, 2.24) is 9.80 Å². The molecule has 6 nitrogen and oxygen atoms in total. The second kappa shape index (κ2) is 7.17. The summed E-state index contributed by atoms with van der Waals surface area (Å²) in [6, 6.07) is 5.84. The van der Waals surface area contributed by atoms with Crippen LogP contribution in [0.15, 0.2) is 24.3 Å². The van der Waals surface area contributed by atoms with Gasteiger partial charge in [0.2, 0.25) is 0 Å². The van der Waals surface area contributed by atoms with Gasteiger partial charge in [0.15, 0.2) is 0 Å². The van der Waals surface area contributed by atoms with Gasteiger partial charge in [-0.15, -0.1) is 0 Å². The van der Waals surface area contributed by atoms with Gasteiger partial charge in [-0.3, -0.25) is 14.5 Å². The molecule has 8 heteroatoms. The normalized spacial score (nSPS) is 15.9. The van der Waals surface area contributed by atoms with Gasteiger partial charge in [0.1, 0.15) is 5.75 Å². The van der Waals surface area contributed by atoms with Gasteiger partial charge in [-0.1, -0.05) is 12.1 Å². The summed E-state index contributed by atoms with van der Waals surface area (Å²) < 4.78 is 29.1. The van der Waals surface area contributed by atoms with Crippen LogP contribution in [-0.2, 0) is 4.79 Å². The quantitative estimate of drug-likeness (QED) is 0.882. The number of amides is 1. The Morgan fingerprint density at radius 3 is 2.41 bits per heavy atom. The number of carboxylic acid groups (broad SMARTS) is 1. The summed E-state index contributed by atoms with van der Waals surface area (Å²) in [7, 11) is 0. The van der Waals surface area contributed by atoms with Crippen molar-refractivity contribution in [2.45, 2.75) is 6.61 Å². The van der Waals surface area contributed by atoms with Crippen LogP contribution in [0.3, 0.4) is 0 Å². The van der Waals surface area contributed by atoms with Crippen molar-refractivity contribution in [3.63, 3.8) is 0 Å². The molecule has 1 saturated heterocycles. The third-order valence-electron chi connectivity index (χ3n) is 3.35. The molecular weight excluding hydrogens is 298 g/mol. The number of nitrogens with zero attached hydrogens (tertiary/aromatic N) is 2. The van der Waals surface area contributed by atoms with Gasteiger partial charge in [-0.25, -0.2) is 0 Å². The predicted octanol–water partition coefficient (Wildman–Crippen LogP) is 1.13.